The molecule has 1 heterocycles. The van der Waals surface area contributed by atoms with Crippen LogP contribution in [0.3, 0.4) is 0 Å². The van der Waals surface area contributed by atoms with E-state index < -0.39 is 6.09 Å². The molecule has 1 amide bonds. The number of carbonyl (C=O) groups excluding carboxylic acids is 1. The molecule has 0 atom stereocenters. The summed E-state index contributed by atoms with van der Waals surface area (Å²) in [5.41, 5.74) is 0.480. The number of amides is 1. The number of oxime groups is 1. The molecule has 1 aromatic carbocycles. The highest BCUT2D eigenvalue weighted by molar-refractivity contribution is 6.11. The highest BCUT2D eigenvalue weighted by Crippen LogP contribution is 2.27. The summed E-state index contributed by atoms with van der Waals surface area (Å²) in [5, 5.41) is 12.9. The van der Waals surface area contributed by atoms with Crippen molar-refractivity contribution in [1.29, 1.82) is 5.26 Å². The third kappa shape index (κ3) is 4.13. The van der Waals surface area contributed by atoms with Crippen molar-refractivity contribution in [2.24, 2.45) is 5.16 Å². The molecule has 0 unspecified atom stereocenters. The van der Waals surface area contributed by atoms with Gasteiger partial charge in [-0.05, 0) is 37.5 Å². The average molecular weight is 317 g/mol. The van der Waals surface area contributed by atoms with E-state index in [0.29, 0.717) is 30.2 Å². The summed E-state index contributed by atoms with van der Waals surface area (Å²) in [7, 11) is 3.03. The van der Waals surface area contributed by atoms with Crippen molar-refractivity contribution in [2.45, 2.75) is 19.3 Å². The first-order valence-corrected chi connectivity index (χ1v) is 7.36. The van der Waals surface area contributed by atoms with Crippen molar-refractivity contribution in [3.8, 4) is 17.6 Å². The number of hydrogen-bond acceptors (Lipinski definition) is 6. The lowest BCUT2D eigenvalue weighted by Crippen LogP contribution is -2.35. The summed E-state index contributed by atoms with van der Waals surface area (Å²) in [4.78, 5) is 18.4. The number of nitriles is 1. The fourth-order valence-electron chi connectivity index (χ4n) is 2.34. The van der Waals surface area contributed by atoms with Crippen LogP contribution in [0.15, 0.2) is 23.4 Å². The lowest BCUT2D eigenvalue weighted by Gasteiger charge is -2.24. The minimum atomic E-state index is -0.530. The highest BCUT2D eigenvalue weighted by atomic mass is 16.7. The fourth-order valence-corrected chi connectivity index (χ4v) is 2.34. The Morgan fingerprint density at radius 2 is 1.87 bits per heavy atom. The van der Waals surface area contributed by atoms with Crippen LogP contribution in [0.2, 0.25) is 0 Å². The van der Waals surface area contributed by atoms with Crippen molar-refractivity contribution >= 4 is 11.8 Å². The maximum Gasteiger partial charge on any atom is 0.436 e. The SMILES string of the molecule is COc1ccc(C(C#N)=NOC(=O)N2CCCCC2)cc1OC. The zero-order valence-electron chi connectivity index (χ0n) is 13.2. The molecule has 122 valence electrons. The van der Waals surface area contributed by atoms with Crippen LogP contribution in [-0.2, 0) is 4.84 Å². The van der Waals surface area contributed by atoms with E-state index in [4.69, 9.17) is 14.3 Å². The molecule has 7 nitrogen and oxygen atoms in total. The summed E-state index contributed by atoms with van der Waals surface area (Å²) in [5.74, 6) is 1.01. The third-order valence-electron chi connectivity index (χ3n) is 3.59. The first-order valence-electron chi connectivity index (χ1n) is 7.36. The predicted molar refractivity (Wildman–Crippen MR) is 83.6 cm³/mol. The summed E-state index contributed by atoms with van der Waals surface area (Å²) in [6, 6.07) is 6.84. The van der Waals surface area contributed by atoms with Crippen LogP contribution in [0.4, 0.5) is 4.79 Å². The Hall–Kier alpha value is -2.75. The first kappa shape index (κ1) is 16.6. The molecular weight excluding hydrogens is 298 g/mol. The van der Waals surface area contributed by atoms with Crippen LogP contribution < -0.4 is 9.47 Å². The number of likely N-dealkylation sites (tertiary alicyclic amines) is 1. The van der Waals surface area contributed by atoms with Gasteiger partial charge in [-0.3, -0.25) is 4.84 Å². The van der Waals surface area contributed by atoms with Gasteiger partial charge in [0.25, 0.3) is 0 Å². The number of hydrogen-bond donors (Lipinski definition) is 0. The fraction of sp³-hybridized carbons (Fsp3) is 0.438. The molecular formula is C16H19N3O4. The minimum Gasteiger partial charge on any atom is -0.493 e. The van der Waals surface area contributed by atoms with E-state index in [1.54, 1.807) is 23.1 Å². The summed E-state index contributed by atoms with van der Waals surface area (Å²) in [6.45, 7) is 1.32. The molecule has 1 fully saturated rings. The average Bonchev–Trinajstić information content (AvgIpc) is 2.62. The maximum absolute atomic E-state index is 11.9. The van der Waals surface area contributed by atoms with Crippen molar-refractivity contribution in [2.75, 3.05) is 27.3 Å². The van der Waals surface area contributed by atoms with Gasteiger partial charge in [0, 0.05) is 18.7 Å². The molecule has 1 aromatic rings. The molecule has 2 rings (SSSR count). The Morgan fingerprint density at radius 1 is 1.17 bits per heavy atom. The van der Waals surface area contributed by atoms with Gasteiger partial charge in [-0.1, -0.05) is 5.16 Å². The van der Waals surface area contributed by atoms with Crippen LogP contribution >= 0.6 is 0 Å². The van der Waals surface area contributed by atoms with E-state index in [9.17, 15) is 10.1 Å². The zero-order chi connectivity index (χ0) is 16.7. The van der Waals surface area contributed by atoms with Gasteiger partial charge in [-0.15, -0.1) is 0 Å². The Kier molecular flexibility index (Phi) is 5.80. The van der Waals surface area contributed by atoms with Crippen LogP contribution in [0.25, 0.3) is 0 Å². The maximum atomic E-state index is 11.9. The van der Waals surface area contributed by atoms with Crippen molar-refractivity contribution in [3.63, 3.8) is 0 Å². The van der Waals surface area contributed by atoms with Gasteiger partial charge < -0.3 is 14.4 Å². The number of ether oxygens (including phenoxy) is 2. The molecule has 0 bridgehead atoms. The Labute approximate surface area is 135 Å². The Bertz CT molecular complexity index is 631. The van der Waals surface area contributed by atoms with Gasteiger partial charge in [0.1, 0.15) is 6.07 Å². The quantitative estimate of drug-likeness (QED) is 0.484. The summed E-state index contributed by atoms with van der Waals surface area (Å²) in [6.07, 6.45) is 2.50. The molecule has 23 heavy (non-hydrogen) atoms. The lowest BCUT2D eigenvalue weighted by molar-refractivity contribution is 0.0984. The topological polar surface area (TPSA) is 84.2 Å². The summed E-state index contributed by atoms with van der Waals surface area (Å²) >= 11 is 0. The normalized spacial score (nSPS) is 14.8. The van der Waals surface area contributed by atoms with Gasteiger partial charge in [0.05, 0.1) is 14.2 Å². The van der Waals surface area contributed by atoms with Gasteiger partial charge >= 0.3 is 6.09 Å². The molecule has 7 heteroatoms. The Balaban J connectivity index is 2.12. The van der Waals surface area contributed by atoms with Crippen LogP contribution in [0.1, 0.15) is 24.8 Å². The van der Waals surface area contributed by atoms with Crippen LogP contribution in [0.5, 0.6) is 11.5 Å². The first-order chi connectivity index (χ1) is 11.2. The molecule has 0 saturated carbocycles. The van der Waals surface area contributed by atoms with Crippen LogP contribution in [-0.4, -0.2) is 44.0 Å². The second-order valence-electron chi connectivity index (χ2n) is 5.03. The van der Waals surface area contributed by atoms with Gasteiger partial charge in [0.2, 0.25) is 0 Å². The molecule has 0 spiro atoms. The Morgan fingerprint density at radius 3 is 2.48 bits per heavy atom. The summed E-state index contributed by atoms with van der Waals surface area (Å²) < 4.78 is 10.3. The van der Waals surface area contributed by atoms with E-state index in [2.05, 4.69) is 5.16 Å². The van der Waals surface area contributed by atoms with E-state index in [0.717, 1.165) is 19.3 Å². The number of methoxy groups -OCH3 is 2. The highest BCUT2D eigenvalue weighted by Gasteiger charge is 2.18. The van der Waals surface area contributed by atoms with E-state index in [1.807, 2.05) is 6.07 Å². The van der Waals surface area contributed by atoms with E-state index >= 15 is 0 Å². The smallest absolute Gasteiger partial charge is 0.436 e. The number of nitrogens with zero attached hydrogens (tertiary/aromatic N) is 3. The molecule has 0 N–H and O–H groups in total. The number of piperidine rings is 1. The lowest BCUT2D eigenvalue weighted by atomic mass is 10.1. The number of rotatable bonds is 4. The van der Waals surface area contributed by atoms with Gasteiger partial charge in [-0.2, -0.15) is 5.26 Å². The van der Waals surface area contributed by atoms with E-state index in [-0.39, 0.29) is 5.71 Å². The standard InChI is InChI=1S/C16H19N3O4/c1-21-14-7-6-12(10-15(14)22-2)13(11-17)18-23-16(20)19-8-4-3-5-9-19/h6-7,10H,3-5,8-9H2,1-2H3. The molecule has 0 radical (unpaired) electrons. The number of carbonyl (C=O) groups is 1. The molecule has 1 aliphatic rings. The number of benzene rings is 1. The van der Waals surface area contributed by atoms with Crippen molar-refractivity contribution in [3.05, 3.63) is 23.8 Å². The second-order valence-corrected chi connectivity index (χ2v) is 5.03. The van der Waals surface area contributed by atoms with Crippen molar-refractivity contribution < 1.29 is 19.1 Å². The van der Waals surface area contributed by atoms with Crippen LogP contribution in [0, 0.1) is 11.3 Å². The van der Waals surface area contributed by atoms with Gasteiger partial charge in [0.15, 0.2) is 17.2 Å². The molecule has 0 aromatic heterocycles. The monoisotopic (exact) mass is 317 g/mol. The zero-order valence-corrected chi connectivity index (χ0v) is 13.2. The second kappa shape index (κ2) is 8.03. The molecule has 1 saturated heterocycles. The largest absolute Gasteiger partial charge is 0.493 e. The minimum absolute atomic E-state index is 0.00341. The van der Waals surface area contributed by atoms with Crippen molar-refractivity contribution in [1.82, 2.24) is 4.90 Å². The molecule has 1 aliphatic heterocycles. The predicted octanol–water partition coefficient (Wildman–Crippen LogP) is 2.55. The molecule has 0 aliphatic carbocycles. The third-order valence-corrected chi connectivity index (χ3v) is 3.59. The van der Waals surface area contributed by atoms with E-state index in [1.165, 1.54) is 14.2 Å². The van der Waals surface area contributed by atoms with Gasteiger partial charge in [-0.25, -0.2) is 4.79 Å².